The number of benzene rings is 1. The number of fused-ring (bicyclic) bond motifs is 3. The number of nitrogens with zero attached hydrogens (tertiary/aromatic N) is 7. The molecule has 0 saturated carbocycles. The molecule has 41 heavy (non-hydrogen) atoms. The average Bonchev–Trinajstić information content (AvgIpc) is 3.48. The fourth-order valence-electron chi connectivity index (χ4n) is 5.68. The van der Waals surface area contributed by atoms with Gasteiger partial charge < -0.3 is 24.4 Å². The van der Waals surface area contributed by atoms with Crippen LogP contribution >= 0.6 is 11.6 Å². The largest absolute Gasteiger partial charge is 0.501 e. The minimum Gasteiger partial charge on any atom is -0.501 e. The molecule has 0 unspecified atom stereocenters. The number of aromatic nitrogens is 3. The number of methoxy groups -OCH3 is 2. The third kappa shape index (κ3) is 4.83. The van der Waals surface area contributed by atoms with Gasteiger partial charge in [0.25, 0.3) is 0 Å². The highest BCUT2D eigenvalue weighted by Crippen LogP contribution is 2.33. The quantitative estimate of drug-likeness (QED) is 0.494. The first-order chi connectivity index (χ1) is 20.1. The summed E-state index contributed by atoms with van der Waals surface area (Å²) in [5, 5.41) is 13.3. The van der Waals surface area contributed by atoms with Gasteiger partial charge in [0.15, 0.2) is 5.65 Å². The van der Waals surface area contributed by atoms with Gasteiger partial charge >= 0.3 is 0 Å². The van der Waals surface area contributed by atoms with E-state index in [9.17, 15) is 0 Å². The zero-order valence-electron chi connectivity index (χ0n) is 23.0. The number of hydrogen-bond acceptors (Lipinski definition) is 10. The average molecular weight is 575 g/mol. The Morgan fingerprint density at radius 3 is 2.56 bits per heavy atom. The predicted molar refractivity (Wildman–Crippen MR) is 156 cm³/mol. The molecule has 212 valence electrons. The molecule has 12 heteroatoms. The number of halogens is 1. The predicted octanol–water partition coefficient (Wildman–Crippen LogP) is 2.03. The van der Waals surface area contributed by atoms with Gasteiger partial charge in [0, 0.05) is 60.8 Å². The summed E-state index contributed by atoms with van der Waals surface area (Å²) >= 11 is 6.75. The van der Waals surface area contributed by atoms with E-state index in [-0.39, 0.29) is 0 Å². The van der Waals surface area contributed by atoms with Gasteiger partial charge in [-0.15, -0.1) is 10.2 Å². The smallest absolute Gasteiger partial charge is 0.224 e. The second-order valence-corrected chi connectivity index (χ2v) is 10.8. The second kappa shape index (κ2) is 10.8. The molecule has 5 heterocycles. The lowest BCUT2D eigenvalue weighted by atomic mass is 10.0. The number of rotatable bonds is 5. The van der Waals surface area contributed by atoms with E-state index in [1.165, 1.54) is 5.69 Å². The van der Waals surface area contributed by atoms with E-state index in [0.717, 1.165) is 72.7 Å². The summed E-state index contributed by atoms with van der Waals surface area (Å²) in [5.74, 6) is 1.84. The van der Waals surface area contributed by atoms with E-state index < -0.39 is 0 Å². The molecule has 1 N–H and O–H groups in total. The lowest BCUT2D eigenvalue weighted by Crippen LogP contribution is -2.56. The maximum atomic E-state index is 6.75. The van der Waals surface area contributed by atoms with Crippen molar-refractivity contribution in [1.82, 2.24) is 19.5 Å². The van der Waals surface area contributed by atoms with E-state index in [1.807, 2.05) is 10.5 Å². The Bertz CT molecular complexity index is 1700. The van der Waals surface area contributed by atoms with Crippen LogP contribution in [0.15, 0.2) is 69.3 Å². The fraction of sp³-hybridized carbons (Fsp3) is 0.379. The Hall–Kier alpha value is -3.93. The number of ether oxygens (including phenoxy) is 3. The first-order valence-electron chi connectivity index (χ1n) is 13.7. The van der Waals surface area contributed by atoms with Gasteiger partial charge in [-0.1, -0.05) is 11.6 Å². The van der Waals surface area contributed by atoms with Gasteiger partial charge in [0.1, 0.15) is 23.3 Å². The van der Waals surface area contributed by atoms with Crippen molar-refractivity contribution in [1.29, 1.82) is 0 Å². The summed E-state index contributed by atoms with van der Waals surface area (Å²) in [4.78, 5) is 14.5. The van der Waals surface area contributed by atoms with Crippen LogP contribution in [0.5, 0.6) is 0 Å². The van der Waals surface area contributed by atoms with Crippen molar-refractivity contribution in [3.63, 3.8) is 0 Å². The van der Waals surface area contributed by atoms with Crippen molar-refractivity contribution in [3.05, 3.63) is 75.6 Å². The SMILES string of the molecule is COC1=CC(OC)=C(Cl)C(=c2cc3c(n4cnnc24)=NC(Nc2ccc(N4CCN(C5COC5)CC4)cc2)=NC3)C1. The number of piperazine rings is 1. The molecule has 1 aromatic carbocycles. The number of pyridine rings is 1. The minimum absolute atomic E-state index is 0.454. The Labute approximate surface area is 242 Å². The van der Waals surface area contributed by atoms with Crippen LogP contribution in [0.3, 0.4) is 0 Å². The highest BCUT2D eigenvalue weighted by molar-refractivity contribution is 6.36. The maximum Gasteiger partial charge on any atom is 0.224 e. The first-order valence-corrected chi connectivity index (χ1v) is 14.1. The van der Waals surface area contributed by atoms with Crippen LogP contribution in [0.2, 0.25) is 0 Å². The monoisotopic (exact) mass is 574 g/mol. The molecule has 0 atom stereocenters. The third-order valence-corrected chi connectivity index (χ3v) is 8.52. The Morgan fingerprint density at radius 2 is 1.85 bits per heavy atom. The van der Waals surface area contributed by atoms with Crippen LogP contribution in [0, 0.1) is 0 Å². The molecule has 4 aliphatic rings. The van der Waals surface area contributed by atoms with Crippen LogP contribution in [0.1, 0.15) is 12.0 Å². The number of guanidine groups is 1. The summed E-state index contributed by atoms with van der Waals surface area (Å²) in [6, 6.07) is 11.1. The Morgan fingerprint density at radius 1 is 1.05 bits per heavy atom. The van der Waals surface area contributed by atoms with Crippen LogP contribution in [0.25, 0.3) is 11.2 Å². The zero-order valence-corrected chi connectivity index (χ0v) is 23.8. The molecule has 3 aliphatic heterocycles. The molecule has 0 radical (unpaired) electrons. The molecule has 2 saturated heterocycles. The van der Waals surface area contributed by atoms with Crippen LogP contribution in [0.4, 0.5) is 11.4 Å². The maximum absolute atomic E-state index is 6.75. The number of allylic oxidation sites excluding steroid dienone is 3. The highest BCUT2D eigenvalue weighted by Gasteiger charge is 2.29. The van der Waals surface area contributed by atoms with Gasteiger partial charge in [-0.2, -0.15) is 4.99 Å². The molecule has 0 amide bonds. The summed E-state index contributed by atoms with van der Waals surface area (Å²) in [5.41, 5.74) is 5.36. The van der Waals surface area contributed by atoms with Gasteiger partial charge in [-0.05, 0) is 35.9 Å². The lowest BCUT2D eigenvalue weighted by molar-refractivity contribution is -0.0660. The molecule has 3 aromatic rings. The topological polar surface area (TPSA) is 101 Å². The van der Waals surface area contributed by atoms with Crippen molar-refractivity contribution in [2.45, 2.75) is 19.0 Å². The second-order valence-electron chi connectivity index (χ2n) is 10.4. The normalized spacial score (nSPS) is 21.1. The van der Waals surface area contributed by atoms with Gasteiger partial charge in [-0.25, -0.2) is 4.99 Å². The molecular formula is C29H31ClN8O3. The molecule has 2 aromatic heterocycles. The molecule has 2 fully saturated rings. The standard InChI is InChI=1S/C29H31ClN8O3/c1-39-22-12-23(26(30)25(13-22)40-2)24-11-18-14-31-29(34-27(18)38-17-32-35-28(24)38)33-19-3-5-20(6-4-19)36-7-9-37(10-8-36)21-15-41-16-21/h3-6,11,13,17,21H,7-10,12,14-16H2,1-2H3,(H,31,33). The summed E-state index contributed by atoms with van der Waals surface area (Å²) < 4.78 is 18.3. The zero-order chi connectivity index (χ0) is 27.9. The molecular weight excluding hydrogens is 544 g/mol. The fourth-order valence-corrected chi connectivity index (χ4v) is 5.98. The van der Waals surface area contributed by atoms with Crippen molar-refractivity contribution < 1.29 is 14.2 Å². The van der Waals surface area contributed by atoms with Crippen molar-refractivity contribution >= 4 is 40.2 Å². The highest BCUT2D eigenvalue weighted by atomic mass is 35.5. The Kier molecular flexibility index (Phi) is 6.85. The summed E-state index contributed by atoms with van der Waals surface area (Å²) in [7, 11) is 3.23. The first kappa shape index (κ1) is 26.0. The molecule has 7 rings (SSSR count). The van der Waals surface area contributed by atoms with E-state index in [2.05, 4.69) is 49.6 Å². The lowest BCUT2D eigenvalue weighted by Gasteiger charge is -2.43. The molecule has 1 aliphatic carbocycles. The van der Waals surface area contributed by atoms with E-state index in [0.29, 0.717) is 41.4 Å². The van der Waals surface area contributed by atoms with E-state index >= 15 is 0 Å². The molecule has 11 nitrogen and oxygen atoms in total. The van der Waals surface area contributed by atoms with Crippen LogP contribution in [-0.2, 0) is 20.8 Å². The number of anilines is 2. The minimum atomic E-state index is 0.454. The molecule has 0 spiro atoms. The van der Waals surface area contributed by atoms with Gasteiger partial charge in [0.05, 0.1) is 45.1 Å². The number of hydrogen-bond donors (Lipinski definition) is 1. The summed E-state index contributed by atoms with van der Waals surface area (Å²) in [6.45, 7) is 6.39. The van der Waals surface area contributed by atoms with Crippen molar-refractivity contribution in [2.24, 2.45) is 9.98 Å². The van der Waals surface area contributed by atoms with Crippen LogP contribution in [-0.4, -0.2) is 85.1 Å². The van der Waals surface area contributed by atoms with Crippen molar-refractivity contribution in [3.8, 4) is 0 Å². The van der Waals surface area contributed by atoms with Gasteiger partial charge in [0.2, 0.25) is 5.96 Å². The Balaban J connectivity index is 1.13. The van der Waals surface area contributed by atoms with Gasteiger partial charge in [-0.3, -0.25) is 9.30 Å². The van der Waals surface area contributed by atoms with Crippen molar-refractivity contribution in [2.75, 3.05) is 63.8 Å². The number of nitrogens with one attached hydrogen (secondary N) is 1. The molecule has 0 bridgehead atoms. The summed E-state index contributed by atoms with van der Waals surface area (Å²) in [6.07, 6.45) is 3.99. The van der Waals surface area contributed by atoms with E-state index in [1.54, 1.807) is 26.6 Å². The third-order valence-electron chi connectivity index (χ3n) is 8.10. The van der Waals surface area contributed by atoms with E-state index in [4.69, 9.17) is 35.8 Å². The number of aliphatic imine (C=N–C) groups is 1. The van der Waals surface area contributed by atoms with Crippen LogP contribution < -0.4 is 20.9 Å².